The van der Waals surface area contributed by atoms with E-state index >= 15 is 0 Å². The number of carbonyl (C=O) groups excluding carboxylic acids is 2. The summed E-state index contributed by atoms with van der Waals surface area (Å²) in [6, 6.07) is 7.17. The number of anilines is 2. The van der Waals surface area contributed by atoms with Crippen molar-refractivity contribution in [2.24, 2.45) is 0 Å². The third kappa shape index (κ3) is 3.39. The minimum Gasteiger partial charge on any atom is -0.423 e. The van der Waals surface area contributed by atoms with E-state index in [1.165, 1.54) is 11.8 Å². The van der Waals surface area contributed by atoms with E-state index in [2.05, 4.69) is 10.6 Å². The quantitative estimate of drug-likeness (QED) is 0.730. The number of benzene rings is 1. The van der Waals surface area contributed by atoms with Gasteiger partial charge in [0, 0.05) is 24.8 Å². The number of aliphatic hydroxyl groups is 1. The number of cyclic esters (lactones) is 1. The fourth-order valence-electron chi connectivity index (χ4n) is 1.94. The molecule has 1 aromatic carbocycles. The molecule has 0 spiro atoms. The average molecular weight is 279 g/mol. The summed E-state index contributed by atoms with van der Waals surface area (Å²) in [5, 5.41) is 14.3. The maximum atomic E-state index is 11.7. The van der Waals surface area contributed by atoms with E-state index in [9.17, 15) is 9.59 Å². The van der Waals surface area contributed by atoms with E-state index in [0.29, 0.717) is 12.2 Å². The summed E-state index contributed by atoms with van der Waals surface area (Å²) in [7, 11) is 0. The third-order valence-electron chi connectivity index (χ3n) is 2.80. The van der Waals surface area contributed by atoms with E-state index < -0.39 is 12.3 Å². The molecular weight excluding hydrogens is 262 g/mol. The predicted molar refractivity (Wildman–Crippen MR) is 73.4 cm³/mol. The average Bonchev–Trinajstić information content (AvgIpc) is 2.77. The highest BCUT2D eigenvalue weighted by Crippen LogP contribution is 2.22. The van der Waals surface area contributed by atoms with E-state index in [1.54, 1.807) is 12.1 Å². The largest absolute Gasteiger partial charge is 0.423 e. The Morgan fingerprint density at radius 2 is 2.15 bits per heavy atom. The molecule has 0 unspecified atom stereocenters. The summed E-state index contributed by atoms with van der Waals surface area (Å²) < 4.78 is 5.04. The van der Waals surface area contributed by atoms with Crippen molar-refractivity contribution in [2.45, 2.75) is 13.2 Å². The van der Waals surface area contributed by atoms with Crippen LogP contribution in [0.15, 0.2) is 24.3 Å². The van der Waals surface area contributed by atoms with E-state index in [4.69, 9.17) is 9.84 Å². The Morgan fingerprint density at radius 3 is 2.75 bits per heavy atom. The van der Waals surface area contributed by atoms with Crippen molar-refractivity contribution >= 4 is 23.4 Å². The van der Waals surface area contributed by atoms with Gasteiger partial charge in [-0.1, -0.05) is 0 Å². The Morgan fingerprint density at radius 1 is 1.45 bits per heavy atom. The molecule has 0 aliphatic carbocycles. The molecule has 1 fully saturated rings. The highest BCUT2D eigenvalue weighted by Gasteiger charge is 2.32. The van der Waals surface area contributed by atoms with Crippen LogP contribution in [0.3, 0.4) is 0 Å². The van der Waals surface area contributed by atoms with Gasteiger partial charge in [0.1, 0.15) is 0 Å². The van der Waals surface area contributed by atoms with Gasteiger partial charge in [-0.3, -0.25) is 9.69 Å². The van der Waals surface area contributed by atoms with E-state index in [-0.39, 0.29) is 19.1 Å². The summed E-state index contributed by atoms with van der Waals surface area (Å²) in [6.07, 6.45) is -1.10. The minimum absolute atomic E-state index is 0.0542. The Labute approximate surface area is 116 Å². The van der Waals surface area contributed by atoms with Crippen LogP contribution >= 0.6 is 0 Å². The summed E-state index contributed by atoms with van der Waals surface area (Å²) in [4.78, 5) is 24.1. The van der Waals surface area contributed by atoms with Crippen molar-refractivity contribution in [1.29, 1.82) is 0 Å². The van der Waals surface area contributed by atoms with Crippen molar-refractivity contribution < 1.29 is 19.4 Å². The van der Waals surface area contributed by atoms with Gasteiger partial charge in [0.2, 0.25) is 5.91 Å². The zero-order valence-corrected chi connectivity index (χ0v) is 11.1. The maximum Gasteiger partial charge on any atom is 0.416 e. The SMILES string of the molecule is CC(=O)N[C@H]1CN(c2ccc(NCCO)cc2)C(=O)O1. The lowest BCUT2D eigenvalue weighted by molar-refractivity contribution is -0.121. The summed E-state index contributed by atoms with van der Waals surface area (Å²) in [5.74, 6) is -0.242. The normalized spacial score (nSPS) is 17.8. The number of rotatable bonds is 5. The van der Waals surface area contributed by atoms with E-state index in [0.717, 1.165) is 5.69 Å². The molecule has 1 aliphatic heterocycles. The second-order valence-electron chi connectivity index (χ2n) is 4.38. The first-order valence-electron chi connectivity index (χ1n) is 6.30. The van der Waals surface area contributed by atoms with Crippen molar-refractivity contribution in [3.63, 3.8) is 0 Å². The number of nitrogens with zero attached hydrogens (tertiary/aromatic N) is 1. The van der Waals surface area contributed by atoms with Crippen LogP contribution in [-0.4, -0.2) is 43.0 Å². The van der Waals surface area contributed by atoms with Crippen molar-refractivity contribution in [3.8, 4) is 0 Å². The highest BCUT2D eigenvalue weighted by molar-refractivity contribution is 5.90. The Hall–Kier alpha value is -2.28. The molecule has 1 heterocycles. The van der Waals surface area contributed by atoms with Gasteiger partial charge in [-0.15, -0.1) is 0 Å². The molecule has 2 rings (SSSR count). The molecule has 1 aromatic rings. The molecule has 1 saturated heterocycles. The first-order chi connectivity index (χ1) is 9.60. The Bertz CT molecular complexity index is 489. The fraction of sp³-hybridized carbons (Fsp3) is 0.385. The molecule has 0 aromatic heterocycles. The Kier molecular flexibility index (Phi) is 4.41. The zero-order valence-electron chi connectivity index (χ0n) is 11.1. The standard InChI is InChI=1S/C13H17N3O4/c1-9(18)15-12-8-16(13(19)20-12)11-4-2-10(3-5-11)14-6-7-17/h2-5,12,14,17H,6-8H2,1H3,(H,15,18)/t12-/m1/s1. The molecule has 7 nitrogen and oxygen atoms in total. The van der Waals surface area contributed by atoms with Crippen LogP contribution in [0.2, 0.25) is 0 Å². The molecule has 20 heavy (non-hydrogen) atoms. The Balaban J connectivity index is 2.00. The first kappa shape index (κ1) is 14.1. The van der Waals surface area contributed by atoms with Crippen LogP contribution in [0.5, 0.6) is 0 Å². The molecule has 3 N–H and O–H groups in total. The lowest BCUT2D eigenvalue weighted by Gasteiger charge is -2.14. The van der Waals surface area contributed by atoms with Gasteiger partial charge in [0.05, 0.1) is 13.2 Å². The maximum absolute atomic E-state index is 11.7. The summed E-state index contributed by atoms with van der Waals surface area (Å²) in [6.45, 7) is 2.17. The second-order valence-corrected chi connectivity index (χ2v) is 4.38. The van der Waals surface area contributed by atoms with Crippen LogP contribution in [0.1, 0.15) is 6.92 Å². The van der Waals surface area contributed by atoms with Gasteiger partial charge in [-0.05, 0) is 24.3 Å². The smallest absolute Gasteiger partial charge is 0.416 e. The summed E-state index contributed by atoms with van der Waals surface area (Å²) in [5.41, 5.74) is 1.55. The molecule has 0 saturated carbocycles. The van der Waals surface area contributed by atoms with Gasteiger partial charge in [0.15, 0.2) is 6.23 Å². The second kappa shape index (κ2) is 6.25. The molecule has 0 radical (unpaired) electrons. The molecule has 0 bridgehead atoms. The molecule has 1 aliphatic rings. The fourth-order valence-corrected chi connectivity index (χ4v) is 1.94. The highest BCUT2D eigenvalue weighted by atomic mass is 16.6. The molecule has 7 heteroatoms. The molecular formula is C13H17N3O4. The zero-order chi connectivity index (χ0) is 14.5. The number of ether oxygens (including phenoxy) is 1. The van der Waals surface area contributed by atoms with Gasteiger partial charge >= 0.3 is 6.09 Å². The van der Waals surface area contributed by atoms with Crippen LogP contribution < -0.4 is 15.5 Å². The molecule has 2 amide bonds. The number of aliphatic hydroxyl groups excluding tert-OH is 1. The van der Waals surface area contributed by atoms with Gasteiger partial charge in [-0.25, -0.2) is 4.79 Å². The number of hydrogen-bond donors (Lipinski definition) is 3. The predicted octanol–water partition coefficient (Wildman–Crippen LogP) is 0.510. The molecule has 1 atom stereocenters. The first-order valence-corrected chi connectivity index (χ1v) is 6.30. The van der Waals surface area contributed by atoms with Crippen LogP contribution in [0.25, 0.3) is 0 Å². The number of hydrogen-bond acceptors (Lipinski definition) is 5. The van der Waals surface area contributed by atoms with Crippen molar-refractivity contribution in [1.82, 2.24) is 5.32 Å². The van der Waals surface area contributed by atoms with Crippen molar-refractivity contribution in [3.05, 3.63) is 24.3 Å². The number of nitrogens with one attached hydrogen (secondary N) is 2. The number of amides is 2. The van der Waals surface area contributed by atoms with Gasteiger partial charge in [0.25, 0.3) is 0 Å². The van der Waals surface area contributed by atoms with Crippen molar-refractivity contribution in [2.75, 3.05) is 29.9 Å². The van der Waals surface area contributed by atoms with Gasteiger partial charge < -0.3 is 20.5 Å². The summed E-state index contributed by atoms with van der Waals surface area (Å²) >= 11 is 0. The van der Waals surface area contributed by atoms with E-state index in [1.807, 2.05) is 12.1 Å². The topological polar surface area (TPSA) is 90.9 Å². The van der Waals surface area contributed by atoms with Crippen LogP contribution in [0, 0.1) is 0 Å². The third-order valence-corrected chi connectivity index (χ3v) is 2.80. The lowest BCUT2D eigenvalue weighted by Crippen LogP contribution is -2.36. The van der Waals surface area contributed by atoms with Crippen LogP contribution in [-0.2, 0) is 9.53 Å². The van der Waals surface area contributed by atoms with Gasteiger partial charge in [-0.2, -0.15) is 0 Å². The minimum atomic E-state index is -0.618. The number of carbonyl (C=O) groups is 2. The lowest BCUT2D eigenvalue weighted by atomic mass is 10.2. The van der Waals surface area contributed by atoms with Crippen LogP contribution in [0.4, 0.5) is 16.2 Å². The molecule has 108 valence electrons. The monoisotopic (exact) mass is 279 g/mol.